The first-order valence-electron chi connectivity index (χ1n) is 6.99. The normalized spacial score (nSPS) is 11.5. The fourth-order valence-electron chi connectivity index (χ4n) is 2.17. The van der Waals surface area contributed by atoms with Crippen molar-refractivity contribution in [2.45, 2.75) is 11.8 Å². The van der Waals surface area contributed by atoms with E-state index in [1.54, 1.807) is 6.92 Å². The highest BCUT2D eigenvalue weighted by atomic mass is 35.5. The highest BCUT2D eigenvalue weighted by Gasteiger charge is 2.18. The minimum Gasteiger partial charge on any atom is -0.294 e. The molecule has 2 N–H and O–H groups in total. The van der Waals surface area contributed by atoms with Crippen LogP contribution in [0.1, 0.15) is 5.69 Å². The van der Waals surface area contributed by atoms with Gasteiger partial charge in [-0.25, -0.2) is 18.1 Å². The molecule has 0 fully saturated rings. The summed E-state index contributed by atoms with van der Waals surface area (Å²) in [5, 5.41) is 3.19. The van der Waals surface area contributed by atoms with Gasteiger partial charge < -0.3 is 0 Å². The quantitative estimate of drug-likeness (QED) is 0.705. The van der Waals surface area contributed by atoms with E-state index in [0.29, 0.717) is 16.5 Å². The predicted molar refractivity (Wildman–Crippen MR) is 96.2 cm³/mol. The highest BCUT2D eigenvalue weighted by molar-refractivity contribution is 7.92. The fraction of sp³-hybridized carbons (Fsp3) is 0.0667. The Labute approximate surface area is 153 Å². The summed E-state index contributed by atoms with van der Waals surface area (Å²) in [6.07, 6.45) is 1.30. The minimum absolute atomic E-state index is 0.0120. The number of nitrogens with one attached hydrogen (secondary N) is 2. The second-order valence-electron chi connectivity index (χ2n) is 5.20. The number of aromatic amines is 1. The monoisotopic (exact) mass is 398 g/mol. The molecule has 0 radical (unpaired) electrons. The van der Waals surface area contributed by atoms with Crippen LogP contribution in [0.3, 0.4) is 0 Å². The minimum atomic E-state index is -3.90. The first-order valence-corrected chi connectivity index (χ1v) is 9.23. The summed E-state index contributed by atoms with van der Waals surface area (Å²) < 4.78 is 28.5. The number of nitrogens with zero attached hydrogens (tertiary/aromatic N) is 2. The molecule has 0 saturated heterocycles. The van der Waals surface area contributed by atoms with Crippen LogP contribution in [0.4, 0.5) is 5.69 Å². The van der Waals surface area contributed by atoms with Crippen molar-refractivity contribution < 1.29 is 8.42 Å². The fourth-order valence-corrected chi connectivity index (χ4v) is 3.98. The lowest BCUT2D eigenvalue weighted by atomic mass is 10.4. The second kappa shape index (κ2) is 6.55. The van der Waals surface area contributed by atoms with E-state index in [0.717, 1.165) is 0 Å². The zero-order valence-corrected chi connectivity index (χ0v) is 15.2. The summed E-state index contributed by atoms with van der Waals surface area (Å²) in [6, 6.07) is 8.53. The van der Waals surface area contributed by atoms with Gasteiger partial charge in [-0.15, -0.1) is 0 Å². The van der Waals surface area contributed by atoms with E-state index in [1.807, 2.05) is 0 Å². The van der Waals surface area contributed by atoms with E-state index in [9.17, 15) is 13.2 Å². The molecule has 2 heterocycles. The molecule has 0 unspecified atom stereocenters. The van der Waals surface area contributed by atoms with Crippen molar-refractivity contribution in [3.63, 3.8) is 0 Å². The first-order chi connectivity index (χ1) is 11.8. The van der Waals surface area contributed by atoms with Gasteiger partial charge in [0, 0.05) is 16.8 Å². The Morgan fingerprint density at radius 1 is 1.16 bits per heavy atom. The average Bonchev–Trinajstić information content (AvgIpc) is 2.86. The number of aryl methyl sites for hydroxylation is 1. The van der Waals surface area contributed by atoms with Crippen LogP contribution in [0.15, 0.2) is 52.3 Å². The Bertz CT molecular complexity index is 1090. The van der Waals surface area contributed by atoms with Crippen molar-refractivity contribution >= 4 is 38.9 Å². The van der Waals surface area contributed by atoms with Gasteiger partial charge >= 0.3 is 0 Å². The molecule has 2 aromatic heterocycles. The number of rotatable bonds is 4. The van der Waals surface area contributed by atoms with Crippen molar-refractivity contribution in [3.8, 4) is 5.82 Å². The van der Waals surface area contributed by atoms with Crippen molar-refractivity contribution in [3.05, 3.63) is 68.7 Å². The maximum Gasteiger partial charge on any atom is 0.272 e. The molecule has 0 aliphatic rings. The van der Waals surface area contributed by atoms with Gasteiger partial charge in [-0.3, -0.25) is 14.6 Å². The molecule has 0 aliphatic heterocycles. The molecular formula is C15H12Cl2N4O3S. The van der Waals surface area contributed by atoms with Gasteiger partial charge in [0.25, 0.3) is 15.6 Å². The van der Waals surface area contributed by atoms with E-state index in [1.165, 1.54) is 47.3 Å². The molecular weight excluding hydrogens is 387 g/mol. The SMILES string of the molecule is Cc1cc(=O)n(-c2ccc(NS(=O)(=O)c3ccc(Cl)cc3Cl)cn2)[nH]1. The standard InChI is InChI=1S/C15H12Cl2N4O3S/c1-9-6-15(22)21(19-9)14-5-3-11(8-18-14)20-25(23,24)13-4-2-10(16)7-12(13)17/h2-8,19-20H,1H3. The van der Waals surface area contributed by atoms with E-state index in [2.05, 4.69) is 14.8 Å². The third-order valence-corrected chi connectivity index (χ3v) is 5.36. The van der Waals surface area contributed by atoms with Crippen molar-refractivity contribution in [1.29, 1.82) is 0 Å². The van der Waals surface area contributed by atoms with Crippen LogP contribution in [0.25, 0.3) is 5.82 Å². The van der Waals surface area contributed by atoms with Gasteiger partial charge in [0.05, 0.1) is 16.9 Å². The summed E-state index contributed by atoms with van der Waals surface area (Å²) in [6.45, 7) is 1.75. The maximum atomic E-state index is 12.4. The number of anilines is 1. The first kappa shape index (κ1) is 17.5. The van der Waals surface area contributed by atoms with Gasteiger partial charge in [0.2, 0.25) is 0 Å². The Hall–Kier alpha value is -2.29. The molecule has 3 rings (SSSR count). The van der Waals surface area contributed by atoms with Gasteiger partial charge in [-0.05, 0) is 37.3 Å². The largest absolute Gasteiger partial charge is 0.294 e. The van der Waals surface area contributed by atoms with Crippen LogP contribution in [-0.2, 0) is 10.0 Å². The molecule has 130 valence electrons. The number of hydrogen-bond donors (Lipinski definition) is 2. The second-order valence-corrected chi connectivity index (χ2v) is 7.69. The summed E-state index contributed by atoms with van der Waals surface area (Å²) >= 11 is 11.7. The van der Waals surface area contributed by atoms with E-state index < -0.39 is 10.0 Å². The average molecular weight is 399 g/mol. The van der Waals surface area contributed by atoms with Gasteiger partial charge in [-0.2, -0.15) is 0 Å². The maximum absolute atomic E-state index is 12.4. The Balaban J connectivity index is 1.88. The lowest BCUT2D eigenvalue weighted by Crippen LogP contribution is -2.16. The summed E-state index contributed by atoms with van der Waals surface area (Å²) in [5.41, 5.74) is 0.659. The number of sulfonamides is 1. The van der Waals surface area contributed by atoms with E-state index >= 15 is 0 Å². The molecule has 0 saturated carbocycles. The summed E-state index contributed by atoms with van der Waals surface area (Å²) in [4.78, 5) is 15.7. The number of aromatic nitrogens is 3. The highest BCUT2D eigenvalue weighted by Crippen LogP contribution is 2.26. The van der Waals surface area contributed by atoms with E-state index in [-0.39, 0.29) is 21.2 Å². The third kappa shape index (κ3) is 3.71. The molecule has 0 amide bonds. The number of hydrogen-bond acceptors (Lipinski definition) is 4. The van der Waals surface area contributed by atoms with Gasteiger partial charge in [0.15, 0.2) is 5.82 Å². The Kier molecular flexibility index (Phi) is 4.59. The molecule has 7 nitrogen and oxygen atoms in total. The van der Waals surface area contributed by atoms with Crippen LogP contribution in [-0.4, -0.2) is 23.2 Å². The predicted octanol–water partition coefficient (Wildman–Crippen LogP) is 2.98. The molecule has 3 aromatic rings. The topological polar surface area (TPSA) is 96.8 Å². The molecule has 0 atom stereocenters. The van der Waals surface area contributed by atoms with E-state index in [4.69, 9.17) is 23.2 Å². The van der Waals surface area contributed by atoms with Crippen LogP contribution in [0.5, 0.6) is 0 Å². The van der Waals surface area contributed by atoms with Crippen LogP contribution < -0.4 is 10.3 Å². The lowest BCUT2D eigenvalue weighted by molar-refractivity contribution is 0.601. The van der Waals surface area contributed by atoms with Crippen molar-refractivity contribution in [1.82, 2.24) is 14.8 Å². The van der Waals surface area contributed by atoms with Gasteiger partial charge in [0.1, 0.15) is 4.90 Å². The Morgan fingerprint density at radius 3 is 2.48 bits per heavy atom. The molecule has 1 aromatic carbocycles. The van der Waals surface area contributed by atoms with Crippen molar-refractivity contribution in [2.24, 2.45) is 0 Å². The Morgan fingerprint density at radius 2 is 1.92 bits per heavy atom. The van der Waals surface area contributed by atoms with Crippen molar-refractivity contribution in [2.75, 3.05) is 4.72 Å². The molecule has 25 heavy (non-hydrogen) atoms. The zero-order chi connectivity index (χ0) is 18.2. The molecule has 0 aliphatic carbocycles. The number of pyridine rings is 1. The molecule has 10 heteroatoms. The summed E-state index contributed by atoms with van der Waals surface area (Å²) in [7, 11) is -3.90. The number of H-pyrrole nitrogens is 1. The summed E-state index contributed by atoms with van der Waals surface area (Å²) in [5.74, 6) is 0.338. The van der Waals surface area contributed by atoms with Gasteiger partial charge in [-0.1, -0.05) is 23.2 Å². The lowest BCUT2D eigenvalue weighted by Gasteiger charge is -2.10. The smallest absolute Gasteiger partial charge is 0.272 e. The van der Waals surface area contributed by atoms with Crippen LogP contribution >= 0.6 is 23.2 Å². The zero-order valence-electron chi connectivity index (χ0n) is 12.8. The molecule has 0 bridgehead atoms. The number of halogens is 2. The third-order valence-electron chi connectivity index (χ3n) is 3.26. The molecule has 0 spiro atoms. The van der Waals surface area contributed by atoms with Crippen LogP contribution in [0.2, 0.25) is 10.0 Å². The number of benzene rings is 1. The van der Waals surface area contributed by atoms with Crippen LogP contribution in [0, 0.1) is 6.92 Å².